The maximum absolute atomic E-state index is 10.6. The second-order valence-corrected chi connectivity index (χ2v) is 4.30. The number of hydrogen-bond donors (Lipinski definition) is 2. The quantitative estimate of drug-likeness (QED) is 0.456. The van der Waals surface area contributed by atoms with Crippen LogP contribution in [0.15, 0.2) is 6.20 Å². The Morgan fingerprint density at radius 2 is 2.41 bits per heavy atom. The standard InChI is InChI=1S/C7H9N7O2S/c1-4-2-13(12-6(4)14(15)16)3-5-10-11-7(9-8)17-5/h2H,3,8H2,1H3,(H,9,11). The van der Waals surface area contributed by atoms with Crippen molar-refractivity contribution in [1.29, 1.82) is 0 Å². The molecule has 0 unspecified atom stereocenters. The van der Waals surface area contributed by atoms with Gasteiger partial charge in [0.1, 0.15) is 11.6 Å². The molecule has 0 aromatic carbocycles. The lowest BCUT2D eigenvalue weighted by Gasteiger charge is -1.89. The van der Waals surface area contributed by atoms with Crippen LogP contribution in [-0.4, -0.2) is 24.9 Å². The van der Waals surface area contributed by atoms with E-state index in [2.05, 4.69) is 20.7 Å². The molecule has 17 heavy (non-hydrogen) atoms. The molecule has 0 amide bonds. The Bertz CT molecular complexity index is 548. The van der Waals surface area contributed by atoms with Gasteiger partial charge in [-0.1, -0.05) is 11.3 Å². The normalized spacial score (nSPS) is 10.5. The van der Waals surface area contributed by atoms with Gasteiger partial charge in [-0.05, 0) is 11.8 Å². The van der Waals surface area contributed by atoms with Crippen LogP contribution in [-0.2, 0) is 6.54 Å². The Kier molecular flexibility index (Phi) is 2.97. The summed E-state index contributed by atoms with van der Waals surface area (Å²) < 4.78 is 1.45. The second-order valence-electron chi connectivity index (χ2n) is 3.24. The third-order valence-corrected chi connectivity index (χ3v) is 2.82. The number of nitrogen functional groups attached to an aromatic ring is 1. The van der Waals surface area contributed by atoms with Crippen molar-refractivity contribution in [2.75, 3.05) is 5.43 Å². The molecule has 2 heterocycles. The lowest BCUT2D eigenvalue weighted by Crippen LogP contribution is -2.05. The SMILES string of the molecule is Cc1cn(Cc2nnc(NN)s2)nc1[N+](=O)[O-]. The van der Waals surface area contributed by atoms with Crippen LogP contribution < -0.4 is 11.3 Å². The fourth-order valence-corrected chi connectivity index (χ4v) is 1.93. The van der Waals surface area contributed by atoms with E-state index in [1.165, 1.54) is 16.0 Å². The van der Waals surface area contributed by atoms with E-state index in [0.717, 1.165) is 0 Å². The van der Waals surface area contributed by atoms with E-state index in [0.29, 0.717) is 22.2 Å². The van der Waals surface area contributed by atoms with Crippen LogP contribution in [0.4, 0.5) is 10.9 Å². The van der Waals surface area contributed by atoms with Crippen LogP contribution in [0.1, 0.15) is 10.6 Å². The van der Waals surface area contributed by atoms with E-state index in [-0.39, 0.29) is 5.82 Å². The highest BCUT2D eigenvalue weighted by molar-refractivity contribution is 7.15. The molecule has 0 atom stereocenters. The maximum Gasteiger partial charge on any atom is 0.392 e. The molecule has 0 saturated heterocycles. The molecule has 0 aliphatic rings. The van der Waals surface area contributed by atoms with E-state index in [4.69, 9.17) is 5.84 Å². The van der Waals surface area contributed by atoms with Crippen molar-refractivity contribution in [2.45, 2.75) is 13.5 Å². The Hall–Kier alpha value is -2.07. The summed E-state index contributed by atoms with van der Waals surface area (Å²) in [6.07, 6.45) is 1.59. The zero-order valence-corrected chi connectivity index (χ0v) is 9.64. The average molecular weight is 255 g/mol. The monoisotopic (exact) mass is 255 g/mol. The molecule has 0 radical (unpaired) electrons. The molecule has 0 bridgehead atoms. The number of aryl methyl sites for hydroxylation is 1. The minimum atomic E-state index is -0.515. The molecule has 0 aliphatic heterocycles. The molecule has 0 spiro atoms. The molecule has 2 rings (SSSR count). The summed E-state index contributed by atoms with van der Waals surface area (Å²) in [5.41, 5.74) is 2.89. The highest BCUT2D eigenvalue weighted by atomic mass is 32.1. The van der Waals surface area contributed by atoms with Crippen molar-refractivity contribution >= 4 is 22.3 Å². The lowest BCUT2D eigenvalue weighted by molar-refractivity contribution is -0.390. The predicted molar refractivity (Wildman–Crippen MR) is 60.4 cm³/mol. The Balaban J connectivity index is 2.18. The maximum atomic E-state index is 10.6. The number of aromatic nitrogens is 4. The molecule has 2 aromatic heterocycles. The van der Waals surface area contributed by atoms with Gasteiger partial charge < -0.3 is 10.1 Å². The van der Waals surface area contributed by atoms with E-state index in [9.17, 15) is 10.1 Å². The van der Waals surface area contributed by atoms with Crippen LogP contribution >= 0.6 is 11.3 Å². The summed E-state index contributed by atoms with van der Waals surface area (Å²) in [5, 5.41) is 23.2. The molecule has 0 aliphatic carbocycles. The molecule has 3 N–H and O–H groups in total. The predicted octanol–water partition coefficient (Wildman–Crippen LogP) is 0.285. The number of nitrogens with one attached hydrogen (secondary N) is 1. The van der Waals surface area contributed by atoms with Gasteiger partial charge in [0.05, 0.1) is 16.9 Å². The number of hydrogen-bond acceptors (Lipinski definition) is 8. The number of hydrazine groups is 1. The number of rotatable bonds is 4. The number of anilines is 1. The van der Waals surface area contributed by atoms with Gasteiger partial charge in [0.25, 0.3) is 0 Å². The Labute approximate surface area is 99.4 Å². The first-order chi connectivity index (χ1) is 8.10. The summed E-state index contributed by atoms with van der Waals surface area (Å²) in [6, 6.07) is 0. The summed E-state index contributed by atoms with van der Waals surface area (Å²) in [6.45, 7) is 1.96. The van der Waals surface area contributed by atoms with E-state index in [1.807, 2.05) is 0 Å². The molecule has 90 valence electrons. The summed E-state index contributed by atoms with van der Waals surface area (Å²) in [5.74, 6) is 5.02. The minimum absolute atomic E-state index is 0.147. The lowest BCUT2D eigenvalue weighted by atomic mass is 10.4. The van der Waals surface area contributed by atoms with Gasteiger partial charge in [-0.2, -0.15) is 4.68 Å². The van der Waals surface area contributed by atoms with Gasteiger partial charge in [-0.3, -0.25) is 5.43 Å². The van der Waals surface area contributed by atoms with Crippen molar-refractivity contribution in [3.8, 4) is 0 Å². The molecular formula is C7H9N7O2S. The van der Waals surface area contributed by atoms with Crippen molar-refractivity contribution < 1.29 is 4.92 Å². The number of nitrogens with zero attached hydrogens (tertiary/aromatic N) is 5. The van der Waals surface area contributed by atoms with E-state index < -0.39 is 4.92 Å². The molecule has 0 fully saturated rings. The largest absolute Gasteiger partial charge is 0.392 e. The van der Waals surface area contributed by atoms with Crippen LogP contribution in [0.2, 0.25) is 0 Å². The van der Waals surface area contributed by atoms with Crippen LogP contribution in [0.25, 0.3) is 0 Å². The van der Waals surface area contributed by atoms with Crippen molar-refractivity contribution in [2.24, 2.45) is 5.84 Å². The topological polar surface area (TPSA) is 125 Å². The minimum Gasteiger partial charge on any atom is -0.358 e. The van der Waals surface area contributed by atoms with Gasteiger partial charge >= 0.3 is 5.82 Å². The third kappa shape index (κ3) is 2.37. The first-order valence-corrected chi connectivity index (χ1v) is 5.39. The highest BCUT2D eigenvalue weighted by Crippen LogP contribution is 2.18. The summed E-state index contributed by atoms with van der Waals surface area (Å²) in [4.78, 5) is 10.1. The molecule has 10 heteroatoms. The average Bonchev–Trinajstić information content (AvgIpc) is 2.85. The van der Waals surface area contributed by atoms with Crippen LogP contribution in [0, 0.1) is 17.0 Å². The Morgan fingerprint density at radius 3 is 2.94 bits per heavy atom. The number of nitrogens with two attached hydrogens (primary N) is 1. The zero-order chi connectivity index (χ0) is 12.4. The summed E-state index contributed by atoms with van der Waals surface area (Å²) >= 11 is 1.26. The second kappa shape index (κ2) is 4.43. The van der Waals surface area contributed by atoms with Gasteiger partial charge in [-0.15, -0.1) is 10.2 Å². The zero-order valence-electron chi connectivity index (χ0n) is 8.82. The molecule has 0 saturated carbocycles. The van der Waals surface area contributed by atoms with Gasteiger partial charge in [0.2, 0.25) is 5.13 Å². The van der Waals surface area contributed by atoms with Gasteiger partial charge in [0.15, 0.2) is 0 Å². The van der Waals surface area contributed by atoms with Crippen LogP contribution in [0.5, 0.6) is 0 Å². The van der Waals surface area contributed by atoms with Gasteiger partial charge in [0, 0.05) is 0 Å². The van der Waals surface area contributed by atoms with E-state index in [1.54, 1.807) is 13.1 Å². The first-order valence-electron chi connectivity index (χ1n) is 4.57. The fraction of sp³-hybridized carbons (Fsp3) is 0.286. The van der Waals surface area contributed by atoms with Crippen LogP contribution in [0.3, 0.4) is 0 Å². The summed E-state index contributed by atoms with van der Waals surface area (Å²) in [7, 11) is 0. The Morgan fingerprint density at radius 1 is 1.65 bits per heavy atom. The van der Waals surface area contributed by atoms with E-state index >= 15 is 0 Å². The first kappa shape index (κ1) is 11.4. The van der Waals surface area contributed by atoms with Crippen molar-refractivity contribution in [3.63, 3.8) is 0 Å². The van der Waals surface area contributed by atoms with Gasteiger partial charge in [-0.25, -0.2) is 5.84 Å². The molecular weight excluding hydrogens is 246 g/mol. The fourth-order valence-electron chi connectivity index (χ4n) is 1.29. The smallest absolute Gasteiger partial charge is 0.358 e. The molecule has 2 aromatic rings. The van der Waals surface area contributed by atoms with Crippen molar-refractivity contribution in [3.05, 3.63) is 26.9 Å². The number of nitro groups is 1. The van der Waals surface area contributed by atoms with Crippen molar-refractivity contribution in [1.82, 2.24) is 20.0 Å². The third-order valence-electron chi connectivity index (χ3n) is 1.98. The molecule has 9 nitrogen and oxygen atoms in total. The highest BCUT2D eigenvalue weighted by Gasteiger charge is 2.17.